The molecule has 1 saturated carbocycles. The molecule has 0 bridgehead atoms. The van der Waals surface area contributed by atoms with Crippen molar-refractivity contribution in [3.8, 4) is 16.9 Å². The number of fused-ring (bicyclic) bond motifs is 3. The van der Waals surface area contributed by atoms with Gasteiger partial charge in [0.05, 0.1) is 11.6 Å². The predicted molar refractivity (Wildman–Crippen MR) is 155 cm³/mol. The van der Waals surface area contributed by atoms with E-state index in [0.29, 0.717) is 28.1 Å². The second-order valence-electron chi connectivity index (χ2n) is 11.3. The van der Waals surface area contributed by atoms with E-state index >= 15 is 0 Å². The number of phenolic OH excluding ortho intramolecular Hbond substituents is 1. The zero-order chi connectivity index (χ0) is 30.8. The van der Waals surface area contributed by atoms with E-state index in [4.69, 9.17) is 11.5 Å². The summed E-state index contributed by atoms with van der Waals surface area (Å²) >= 11 is 0. The van der Waals surface area contributed by atoms with Crippen molar-refractivity contribution in [2.45, 2.75) is 24.4 Å². The monoisotopic (exact) mass is 574 g/mol. The third-order valence-electron chi connectivity index (χ3n) is 8.62. The molecule has 4 atom stereocenters. The van der Waals surface area contributed by atoms with Crippen LogP contribution in [-0.4, -0.2) is 72.4 Å². The number of likely N-dealkylation sites (N-methyl/N-ethyl adjacent to an activating group) is 1. The third-order valence-corrected chi connectivity index (χ3v) is 8.62. The number of aromatic hydroxyl groups is 1. The number of carbonyl (C=O) groups excluding carboxylic acids is 3. The number of nitrogen functional groups attached to an aromatic ring is 1. The summed E-state index contributed by atoms with van der Waals surface area (Å²) in [6.07, 6.45) is 0.106. The lowest BCUT2D eigenvalue weighted by molar-refractivity contribution is -0.138. The highest BCUT2D eigenvalue weighted by molar-refractivity contribution is 6.34. The number of aliphatic hydroxyl groups is 1. The standard InChI is InChI=1S/C29H30N6O7/c1-34(2)18-11-15(12-6-5-7-14(30)8-12)24(36)20-16(18)9-13-10-17-23(35(3)4)22(32-41)21(28(31)40)27(39)29(17,33-42)26(38)19(13)25(20)37/h5-8,11,13,17,23,36-37H,9-10,30H2,1-4H3,(H2,31,40)/t13-,17-,23-,29-/m0/s1. The Morgan fingerprint density at radius 3 is 2.31 bits per heavy atom. The van der Waals surface area contributed by atoms with Gasteiger partial charge in [-0.2, -0.15) is 0 Å². The van der Waals surface area contributed by atoms with Crippen LogP contribution in [0.4, 0.5) is 11.4 Å². The fourth-order valence-electron chi connectivity index (χ4n) is 6.87. The molecule has 2 aromatic carbocycles. The molecule has 42 heavy (non-hydrogen) atoms. The Kier molecular flexibility index (Phi) is 6.73. The molecular formula is C29H30N6O7. The number of nitrogens with zero attached hydrogens (tertiary/aromatic N) is 4. The maximum absolute atomic E-state index is 14.3. The molecule has 1 fully saturated rings. The Morgan fingerprint density at radius 2 is 1.76 bits per heavy atom. The number of benzene rings is 2. The summed E-state index contributed by atoms with van der Waals surface area (Å²) < 4.78 is 0. The van der Waals surface area contributed by atoms with Crippen LogP contribution in [0.15, 0.2) is 57.5 Å². The number of nitrogens with two attached hydrogens (primary N) is 2. The Balaban J connectivity index is 1.80. The number of carbonyl (C=O) groups is 3. The van der Waals surface area contributed by atoms with Gasteiger partial charge in [0.25, 0.3) is 5.91 Å². The molecule has 13 heteroatoms. The summed E-state index contributed by atoms with van der Waals surface area (Å²) in [5.74, 6) is -6.60. The van der Waals surface area contributed by atoms with E-state index in [2.05, 4.69) is 10.4 Å². The maximum Gasteiger partial charge on any atom is 0.254 e. The van der Waals surface area contributed by atoms with Crippen molar-refractivity contribution < 1.29 is 24.6 Å². The van der Waals surface area contributed by atoms with Crippen LogP contribution in [0.5, 0.6) is 5.75 Å². The summed E-state index contributed by atoms with van der Waals surface area (Å²) in [6.45, 7) is 0. The van der Waals surface area contributed by atoms with E-state index in [1.54, 1.807) is 63.4 Å². The van der Waals surface area contributed by atoms with E-state index in [-0.39, 0.29) is 29.7 Å². The lowest BCUT2D eigenvalue weighted by Crippen LogP contribution is -2.65. The largest absolute Gasteiger partial charge is 0.507 e. The van der Waals surface area contributed by atoms with Crippen molar-refractivity contribution in [2.24, 2.45) is 27.9 Å². The summed E-state index contributed by atoms with van der Waals surface area (Å²) in [4.78, 5) is 68.2. The first-order valence-corrected chi connectivity index (χ1v) is 13.1. The number of primary amides is 1. The predicted octanol–water partition coefficient (Wildman–Crippen LogP) is 2.26. The average Bonchev–Trinajstić information content (AvgIpc) is 2.92. The quantitative estimate of drug-likeness (QED) is 0.171. The van der Waals surface area contributed by atoms with Gasteiger partial charge in [0.2, 0.25) is 17.1 Å². The molecule has 5 rings (SSSR count). The Labute approximate surface area is 240 Å². The Morgan fingerprint density at radius 1 is 1.07 bits per heavy atom. The molecule has 0 spiro atoms. The van der Waals surface area contributed by atoms with Crippen molar-refractivity contribution >= 4 is 34.6 Å². The first-order chi connectivity index (χ1) is 19.8. The smallest absolute Gasteiger partial charge is 0.254 e. The number of anilines is 2. The molecule has 0 radical (unpaired) electrons. The fraction of sp³-hybridized carbons (Fsp3) is 0.345. The van der Waals surface area contributed by atoms with E-state index < -0.39 is 57.9 Å². The number of hydrogen-bond donors (Lipinski definition) is 4. The van der Waals surface area contributed by atoms with Gasteiger partial charge in [-0.15, -0.1) is 9.81 Å². The lowest BCUT2D eigenvalue weighted by Gasteiger charge is -2.49. The normalized spacial score (nSPS) is 25.1. The van der Waals surface area contributed by atoms with Crippen LogP contribution in [0.3, 0.4) is 0 Å². The van der Waals surface area contributed by atoms with Gasteiger partial charge in [-0.3, -0.25) is 14.4 Å². The van der Waals surface area contributed by atoms with E-state index in [9.17, 15) is 34.4 Å². The summed E-state index contributed by atoms with van der Waals surface area (Å²) in [5.41, 5.74) is 9.63. The first kappa shape index (κ1) is 28.6. The molecular weight excluding hydrogens is 544 g/mol. The van der Waals surface area contributed by atoms with Crippen LogP contribution in [-0.2, 0) is 20.8 Å². The van der Waals surface area contributed by atoms with Crippen LogP contribution in [0.1, 0.15) is 17.5 Å². The molecule has 0 aliphatic heterocycles. The highest BCUT2D eigenvalue weighted by Crippen LogP contribution is 2.55. The van der Waals surface area contributed by atoms with Crippen molar-refractivity contribution in [3.05, 3.63) is 68.1 Å². The number of rotatable bonds is 6. The molecule has 0 heterocycles. The van der Waals surface area contributed by atoms with Crippen molar-refractivity contribution in [2.75, 3.05) is 38.8 Å². The van der Waals surface area contributed by atoms with Gasteiger partial charge in [-0.25, -0.2) is 0 Å². The van der Waals surface area contributed by atoms with Gasteiger partial charge in [-0.05, 0) is 72.5 Å². The third kappa shape index (κ3) is 3.76. The van der Waals surface area contributed by atoms with Gasteiger partial charge in [0, 0.05) is 42.5 Å². The molecule has 3 aliphatic carbocycles. The number of hydrogen-bond acceptors (Lipinski definition) is 12. The number of aliphatic hydroxyl groups excluding tert-OH is 1. The second-order valence-corrected chi connectivity index (χ2v) is 11.3. The lowest BCUT2D eigenvalue weighted by atomic mass is 9.55. The number of Topliss-reactive ketones (excluding diaryl/α,β-unsaturated/α-hetero) is 2. The van der Waals surface area contributed by atoms with E-state index in [0.717, 1.165) is 0 Å². The maximum atomic E-state index is 14.3. The summed E-state index contributed by atoms with van der Waals surface area (Å²) in [7, 11) is 6.67. The molecule has 3 aliphatic rings. The fourth-order valence-corrected chi connectivity index (χ4v) is 6.87. The topological polar surface area (TPSA) is 209 Å². The molecule has 218 valence electrons. The number of nitroso groups, excluding NO2 is 2. The molecule has 1 amide bonds. The van der Waals surface area contributed by atoms with Crippen molar-refractivity contribution in [1.29, 1.82) is 0 Å². The average molecular weight is 575 g/mol. The molecule has 0 unspecified atom stereocenters. The van der Waals surface area contributed by atoms with E-state index in [1.165, 1.54) is 4.90 Å². The number of ketones is 2. The molecule has 0 saturated heterocycles. The zero-order valence-corrected chi connectivity index (χ0v) is 23.4. The highest BCUT2D eigenvalue weighted by Gasteiger charge is 2.67. The van der Waals surface area contributed by atoms with Gasteiger partial charge < -0.3 is 31.5 Å². The first-order valence-electron chi connectivity index (χ1n) is 13.1. The SMILES string of the molecule is CN(C)c1cc(-c2cccc(N)c2)c(O)c2c1C[C@H]1C[C@H]3[C@H](N(C)C)C(N=O)=C(C(N)=O)C(=O)[C@@]3(N=O)C(=O)C1=C2O. The van der Waals surface area contributed by atoms with E-state index in [1.807, 2.05) is 0 Å². The van der Waals surface area contributed by atoms with Crippen molar-refractivity contribution in [1.82, 2.24) is 4.90 Å². The number of phenols is 1. The molecule has 13 nitrogen and oxygen atoms in total. The van der Waals surface area contributed by atoms with Crippen LogP contribution >= 0.6 is 0 Å². The van der Waals surface area contributed by atoms with Crippen LogP contribution in [0.2, 0.25) is 0 Å². The summed E-state index contributed by atoms with van der Waals surface area (Å²) in [5, 5.41) is 29.2. The van der Waals surface area contributed by atoms with Crippen LogP contribution in [0, 0.1) is 21.6 Å². The number of amides is 1. The summed E-state index contributed by atoms with van der Waals surface area (Å²) in [6, 6.07) is 7.40. The highest BCUT2D eigenvalue weighted by atomic mass is 16.3. The van der Waals surface area contributed by atoms with Gasteiger partial charge in [0.1, 0.15) is 22.8 Å². The van der Waals surface area contributed by atoms with Gasteiger partial charge in [0.15, 0.2) is 0 Å². The van der Waals surface area contributed by atoms with Crippen LogP contribution < -0.4 is 16.4 Å². The minimum absolute atomic E-state index is 0.0222. The second kappa shape index (κ2) is 9.87. The minimum atomic E-state index is -2.68. The zero-order valence-electron chi connectivity index (χ0n) is 23.4. The Hall–Kier alpha value is -4.91. The van der Waals surface area contributed by atoms with Gasteiger partial charge in [-0.1, -0.05) is 12.1 Å². The van der Waals surface area contributed by atoms with Gasteiger partial charge >= 0.3 is 0 Å². The molecule has 0 aromatic heterocycles. The minimum Gasteiger partial charge on any atom is -0.507 e. The molecule has 2 aromatic rings. The van der Waals surface area contributed by atoms with Crippen LogP contribution in [0.25, 0.3) is 16.9 Å². The van der Waals surface area contributed by atoms with Crippen molar-refractivity contribution in [3.63, 3.8) is 0 Å². The molecule has 6 N–H and O–H groups in total. The Bertz CT molecular complexity index is 1660.